The zero-order valence-corrected chi connectivity index (χ0v) is 18.4. The Morgan fingerprint density at radius 3 is 2.42 bits per heavy atom. The van der Waals surface area contributed by atoms with Crippen LogP contribution in [0, 0.1) is 0 Å². The molecule has 0 aromatic heterocycles. The number of phenolic OH excluding ortho intramolecular Hbond substituents is 1. The number of benzene rings is 2. The fourth-order valence-electron chi connectivity index (χ4n) is 3.65. The minimum Gasteiger partial charge on any atom is -0.507 e. The Hall–Kier alpha value is -3.03. The van der Waals surface area contributed by atoms with Gasteiger partial charge in [-0.2, -0.15) is 0 Å². The van der Waals surface area contributed by atoms with Gasteiger partial charge in [-0.15, -0.1) is 0 Å². The van der Waals surface area contributed by atoms with E-state index in [1.807, 2.05) is 19.0 Å². The predicted octanol–water partition coefficient (Wildman–Crippen LogP) is 3.43. The molecule has 31 heavy (non-hydrogen) atoms. The van der Waals surface area contributed by atoms with Crippen molar-refractivity contribution in [2.45, 2.75) is 12.5 Å². The first-order chi connectivity index (χ1) is 14.7. The lowest BCUT2D eigenvalue weighted by Crippen LogP contribution is -2.32. The average Bonchev–Trinajstić information content (AvgIpc) is 2.98. The van der Waals surface area contributed by atoms with Gasteiger partial charge in [0.2, 0.25) is 0 Å². The molecule has 164 valence electrons. The van der Waals surface area contributed by atoms with Crippen LogP contribution in [0.2, 0.25) is 5.02 Å². The molecule has 2 N–H and O–H groups in total. The second kappa shape index (κ2) is 9.41. The Kier molecular flexibility index (Phi) is 6.87. The van der Waals surface area contributed by atoms with E-state index < -0.39 is 17.7 Å². The van der Waals surface area contributed by atoms with Gasteiger partial charge in [0.1, 0.15) is 5.76 Å². The lowest BCUT2D eigenvalue weighted by molar-refractivity contribution is -0.139. The van der Waals surface area contributed by atoms with Gasteiger partial charge < -0.3 is 24.7 Å². The molecule has 2 aromatic rings. The summed E-state index contributed by atoms with van der Waals surface area (Å²) in [5.74, 6) is -1.59. The van der Waals surface area contributed by atoms with Gasteiger partial charge in [-0.1, -0.05) is 17.7 Å². The van der Waals surface area contributed by atoms with Crippen LogP contribution in [0.3, 0.4) is 0 Å². The summed E-state index contributed by atoms with van der Waals surface area (Å²) in [6.07, 6.45) is 0.639. The van der Waals surface area contributed by atoms with E-state index in [4.69, 9.17) is 16.3 Å². The monoisotopic (exact) mass is 444 g/mol. The second-order valence-electron chi connectivity index (χ2n) is 7.59. The van der Waals surface area contributed by atoms with Crippen molar-refractivity contribution >= 4 is 29.1 Å². The largest absolute Gasteiger partial charge is 0.507 e. The number of Topliss-reactive ketones (excluding diaryl/α,β-unsaturated/α-hetero) is 1. The Labute approximate surface area is 186 Å². The van der Waals surface area contributed by atoms with Gasteiger partial charge >= 0.3 is 0 Å². The van der Waals surface area contributed by atoms with Crippen molar-refractivity contribution < 1.29 is 24.5 Å². The number of carbonyl (C=O) groups is 2. The van der Waals surface area contributed by atoms with Crippen molar-refractivity contribution in [1.29, 1.82) is 0 Å². The number of ketones is 1. The summed E-state index contributed by atoms with van der Waals surface area (Å²) in [7, 11) is 5.28. The number of hydrogen-bond donors (Lipinski definition) is 2. The zero-order valence-electron chi connectivity index (χ0n) is 17.6. The molecule has 0 spiro atoms. The smallest absolute Gasteiger partial charge is 0.295 e. The first-order valence-electron chi connectivity index (χ1n) is 9.80. The summed E-state index contributed by atoms with van der Waals surface area (Å²) in [4.78, 5) is 29.3. The summed E-state index contributed by atoms with van der Waals surface area (Å²) in [5.41, 5.74) is 0.845. The number of methoxy groups -OCH3 is 1. The Balaban J connectivity index is 2.11. The van der Waals surface area contributed by atoms with Crippen LogP contribution in [0.25, 0.3) is 5.76 Å². The average molecular weight is 445 g/mol. The van der Waals surface area contributed by atoms with E-state index >= 15 is 0 Å². The molecule has 2 aromatic carbocycles. The quantitative estimate of drug-likeness (QED) is 0.386. The summed E-state index contributed by atoms with van der Waals surface area (Å²) in [6, 6.07) is 10.2. The SMILES string of the molecule is COc1ccc(C2/C(=C(/O)c3ccc(Cl)cc3)C(=O)C(=O)N2CCCN(C)C)cc1O. The summed E-state index contributed by atoms with van der Waals surface area (Å²) in [6.45, 7) is 1.04. The molecule has 1 aliphatic heterocycles. The maximum atomic E-state index is 13.0. The Morgan fingerprint density at radius 1 is 1.16 bits per heavy atom. The van der Waals surface area contributed by atoms with Crippen molar-refractivity contribution in [2.75, 3.05) is 34.3 Å². The lowest BCUT2D eigenvalue weighted by Gasteiger charge is -2.26. The number of phenols is 1. The third-order valence-corrected chi connectivity index (χ3v) is 5.43. The first kappa shape index (κ1) is 22.7. The molecule has 0 aliphatic carbocycles. The standard InChI is InChI=1S/C23H25ClN2O5/c1-25(2)11-4-12-26-20(15-7-10-18(31-3)17(27)13-15)19(22(29)23(26)30)21(28)14-5-8-16(24)9-6-14/h5-10,13,20,27-28H,4,11-12H2,1-3H3/b21-19-. The molecular weight excluding hydrogens is 420 g/mol. The highest BCUT2D eigenvalue weighted by molar-refractivity contribution is 6.46. The van der Waals surface area contributed by atoms with Crippen molar-refractivity contribution in [3.8, 4) is 11.5 Å². The number of aliphatic hydroxyl groups is 1. The van der Waals surface area contributed by atoms with Crippen LogP contribution in [0.4, 0.5) is 0 Å². The summed E-state index contributed by atoms with van der Waals surface area (Å²) >= 11 is 5.93. The number of aromatic hydroxyl groups is 1. The maximum Gasteiger partial charge on any atom is 0.295 e. The number of aliphatic hydroxyl groups excluding tert-OH is 1. The van der Waals surface area contributed by atoms with E-state index in [9.17, 15) is 19.8 Å². The van der Waals surface area contributed by atoms with Gasteiger partial charge in [0, 0.05) is 17.1 Å². The minimum atomic E-state index is -0.838. The van der Waals surface area contributed by atoms with Crippen LogP contribution < -0.4 is 4.74 Å². The molecule has 1 atom stereocenters. The van der Waals surface area contributed by atoms with E-state index in [0.29, 0.717) is 29.1 Å². The molecule has 0 bridgehead atoms. The van der Waals surface area contributed by atoms with Crippen LogP contribution in [0.5, 0.6) is 11.5 Å². The molecule has 1 unspecified atom stereocenters. The van der Waals surface area contributed by atoms with E-state index in [-0.39, 0.29) is 22.8 Å². The molecular formula is C23H25ClN2O5. The van der Waals surface area contributed by atoms with E-state index in [2.05, 4.69) is 0 Å². The number of carbonyl (C=O) groups excluding carboxylic acids is 2. The highest BCUT2D eigenvalue weighted by atomic mass is 35.5. The Bertz CT molecular complexity index is 1020. The maximum absolute atomic E-state index is 13.0. The van der Waals surface area contributed by atoms with Crippen LogP contribution in [-0.2, 0) is 9.59 Å². The number of amides is 1. The molecule has 1 aliphatic rings. The first-order valence-corrected chi connectivity index (χ1v) is 10.2. The van der Waals surface area contributed by atoms with Crippen molar-refractivity contribution in [3.05, 3.63) is 64.2 Å². The molecule has 1 heterocycles. The van der Waals surface area contributed by atoms with Gasteiger partial charge in [0.15, 0.2) is 11.5 Å². The molecule has 8 heteroatoms. The van der Waals surface area contributed by atoms with Gasteiger partial charge in [0.25, 0.3) is 11.7 Å². The van der Waals surface area contributed by atoms with E-state index in [0.717, 1.165) is 6.54 Å². The number of halogens is 1. The van der Waals surface area contributed by atoms with Gasteiger partial charge in [-0.25, -0.2) is 0 Å². The fourth-order valence-corrected chi connectivity index (χ4v) is 3.78. The summed E-state index contributed by atoms with van der Waals surface area (Å²) < 4.78 is 5.10. The van der Waals surface area contributed by atoms with E-state index in [1.165, 1.54) is 18.1 Å². The van der Waals surface area contributed by atoms with E-state index in [1.54, 1.807) is 36.4 Å². The molecule has 0 radical (unpaired) electrons. The van der Waals surface area contributed by atoms with Crippen LogP contribution >= 0.6 is 11.6 Å². The summed E-state index contributed by atoms with van der Waals surface area (Å²) in [5, 5.41) is 21.7. The number of rotatable bonds is 7. The minimum absolute atomic E-state index is 0.0262. The second-order valence-corrected chi connectivity index (χ2v) is 8.02. The number of ether oxygens (including phenoxy) is 1. The number of hydrogen-bond acceptors (Lipinski definition) is 6. The van der Waals surface area contributed by atoms with Crippen LogP contribution in [-0.4, -0.2) is 66.0 Å². The van der Waals surface area contributed by atoms with Crippen molar-refractivity contribution in [2.24, 2.45) is 0 Å². The Morgan fingerprint density at radius 2 is 1.84 bits per heavy atom. The highest BCUT2D eigenvalue weighted by Crippen LogP contribution is 2.41. The van der Waals surface area contributed by atoms with Gasteiger partial charge in [0.05, 0.1) is 18.7 Å². The van der Waals surface area contributed by atoms with Gasteiger partial charge in [-0.3, -0.25) is 9.59 Å². The molecule has 7 nitrogen and oxygen atoms in total. The number of likely N-dealkylation sites (tertiary alicyclic amines) is 1. The zero-order chi connectivity index (χ0) is 22.7. The molecule has 3 rings (SSSR count). The van der Waals surface area contributed by atoms with Crippen LogP contribution in [0.1, 0.15) is 23.6 Å². The fraction of sp³-hybridized carbons (Fsp3) is 0.304. The van der Waals surface area contributed by atoms with Gasteiger partial charge in [-0.05, 0) is 69.0 Å². The van der Waals surface area contributed by atoms with Crippen molar-refractivity contribution in [1.82, 2.24) is 9.80 Å². The topological polar surface area (TPSA) is 90.3 Å². The molecule has 1 amide bonds. The van der Waals surface area contributed by atoms with Crippen LogP contribution in [0.15, 0.2) is 48.0 Å². The number of nitrogens with zero attached hydrogens (tertiary/aromatic N) is 2. The predicted molar refractivity (Wildman–Crippen MR) is 118 cm³/mol. The third-order valence-electron chi connectivity index (χ3n) is 5.18. The molecule has 0 saturated carbocycles. The molecule has 1 fully saturated rings. The normalized spacial score (nSPS) is 18.1. The van der Waals surface area contributed by atoms with Crippen molar-refractivity contribution in [3.63, 3.8) is 0 Å². The third kappa shape index (κ3) is 4.68. The molecule has 1 saturated heterocycles. The lowest BCUT2D eigenvalue weighted by atomic mass is 9.95. The highest BCUT2D eigenvalue weighted by Gasteiger charge is 2.46.